The number of carbonyl (C=O) groups is 1. The Morgan fingerprint density at radius 1 is 1.12 bits per heavy atom. The number of ether oxygens (including phenoxy) is 1. The van der Waals surface area contributed by atoms with Crippen molar-refractivity contribution in [3.63, 3.8) is 0 Å². The summed E-state index contributed by atoms with van der Waals surface area (Å²) in [6.07, 6.45) is 3.55. The van der Waals surface area contributed by atoms with E-state index in [-0.39, 0.29) is 29.2 Å². The molecule has 43 heavy (non-hydrogen) atoms. The fourth-order valence-corrected chi connectivity index (χ4v) is 6.67. The van der Waals surface area contributed by atoms with Gasteiger partial charge in [-0.2, -0.15) is 9.97 Å². The molecule has 3 heterocycles. The number of nitrogen functional groups attached to an aromatic ring is 1. The van der Waals surface area contributed by atoms with Crippen LogP contribution in [-0.2, 0) is 11.2 Å². The number of piperidine rings is 1. The predicted octanol–water partition coefficient (Wildman–Crippen LogP) is 3.53. The van der Waals surface area contributed by atoms with Crippen LogP contribution >= 0.6 is 0 Å². The molecule has 3 atom stereocenters. The van der Waals surface area contributed by atoms with E-state index in [0.29, 0.717) is 50.1 Å². The fraction of sp³-hybridized carbons (Fsp3) is 0.438. The van der Waals surface area contributed by atoms with Crippen molar-refractivity contribution >= 4 is 22.9 Å². The van der Waals surface area contributed by atoms with Gasteiger partial charge < -0.3 is 31.6 Å². The van der Waals surface area contributed by atoms with Gasteiger partial charge in [0.25, 0.3) is 0 Å². The lowest BCUT2D eigenvalue weighted by molar-refractivity contribution is -0.126. The van der Waals surface area contributed by atoms with E-state index in [4.69, 9.17) is 21.2 Å². The molecular weight excluding hydrogens is 546 g/mol. The fourth-order valence-electron chi connectivity index (χ4n) is 6.67. The zero-order valence-electron chi connectivity index (χ0n) is 24.8. The number of amides is 1. The van der Waals surface area contributed by atoms with Crippen molar-refractivity contribution in [1.29, 1.82) is 0 Å². The van der Waals surface area contributed by atoms with Gasteiger partial charge in [0.05, 0.1) is 12.6 Å². The first kappa shape index (κ1) is 30.1. The summed E-state index contributed by atoms with van der Waals surface area (Å²) in [6.45, 7) is 5.98. The molecule has 11 nitrogen and oxygen atoms in total. The predicted molar refractivity (Wildman–Crippen MR) is 166 cm³/mol. The Morgan fingerprint density at radius 3 is 2.47 bits per heavy atom. The van der Waals surface area contributed by atoms with Gasteiger partial charge in [-0.1, -0.05) is 62.7 Å². The number of nitrogens with zero attached hydrogens (tertiary/aromatic N) is 3. The van der Waals surface area contributed by atoms with Crippen molar-refractivity contribution in [2.45, 2.75) is 52.0 Å². The first-order valence-electron chi connectivity index (χ1n) is 15.0. The maximum Gasteiger partial charge on any atom is 0.328 e. The van der Waals surface area contributed by atoms with E-state index in [9.17, 15) is 14.7 Å². The molecule has 0 saturated carbocycles. The van der Waals surface area contributed by atoms with E-state index >= 15 is 0 Å². The second-order valence-electron chi connectivity index (χ2n) is 11.6. The second kappa shape index (κ2) is 12.9. The molecule has 11 heteroatoms. The van der Waals surface area contributed by atoms with Gasteiger partial charge in [0, 0.05) is 11.3 Å². The largest absolute Gasteiger partial charge is 0.508 e. The highest BCUT2D eigenvalue weighted by Gasteiger charge is 2.50. The number of aromatic hydroxyl groups is 1. The van der Waals surface area contributed by atoms with Gasteiger partial charge in [-0.3, -0.25) is 9.36 Å². The number of aromatic amines is 1. The third kappa shape index (κ3) is 6.08. The topological polar surface area (TPSA) is 174 Å². The third-order valence-electron chi connectivity index (χ3n) is 9.03. The third-order valence-corrected chi connectivity index (χ3v) is 9.03. The molecule has 0 aliphatic carbocycles. The number of imidazole rings is 1. The van der Waals surface area contributed by atoms with Crippen LogP contribution in [0.4, 0.5) is 5.82 Å². The molecule has 0 spiro atoms. The summed E-state index contributed by atoms with van der Waals surface area (Å²) in [5, 5.41) is 13.3. The number of hydrogen-bond donors (Lipinski definition) is 5. The molecular formula is C32H41N7O4. The molecule has 1 saturated heterocycles. The number of primary amides is 1. The zero-order valence-corrected chi connectivity index (χ0v) is 24.8. The smallest absolute Gasteiger partial charge is 0.328 e. The number of phenolic OH excluding ortho intramolecular Hbond substituents is 1. The summed E-state index contributed by atoms with van der Waals surface area (Å²) in [7, 11) is 0. The molecule has 1 amide bonds. The lowest BCUT2D eigenvalue weighted by Crippen LogP contribution is -2.52. The number of nitrogens with two attached hydrogens (primary N) is 2. The average Bonchev–Trinajstić information content (AvgIpc) is 3.33. The first-order chi connectivity index (χ1) is 20.7. The van der Waals surface area contributed by atoms with Crippen molar-refractivity contribution < 1.29 is 14.6 Å². The van der Waals surface area contributed by atoms with Gasteiger partial charge >= 0.3 is 11.7 Å². The maximum atomic E-state index is 13.9. The number of fused-ring (bicyclic) bond motifs is 1. The van der Waals surface area contributed by atoms with Gasteiger partial charge in [0.2, 0.25) is 5.91 Å². The SMILES string of the molecule is CCCCOc1nc(N)c2[nH]c(=O)n(C(c3ccccc3)C3(C(C)C(Cc4ccc(O)cc4)C(N)=O)CCNCC3)c2n1. The van der Waals surface area contributed by atoms with E-state index in [1.54, 1.807) is 16.7 Å². The van der Waals surface area contributed by atoms with Crippen molar-refractivity contribution in [1.82, 2.24) is 24.8 Å². The molecule has 2 aromatic heterocycles. The van der Waals surface area contributed by atoms with Gasteiger partial charge in [-0.15, -0.1) is 0 Å². The van der Waals surface area contributed by atoms with Crippen LogP contribution in [0.2, 0.25) is 0 Å². The molecule has 1 aliphatic rings. The Kier molecular flexibility index (Phi) is 9.00. The molecule has 228 valence electrons. The Bertz CT molecular complexity index is 1590. The van der Waals surface area contributed by atoms with Crippen LogP contribution in [0.3, 0.4) is 0 Å². The summed E-state index contributed by atoms with van der Waals surface area (Å²) in [5.74, 6) is -0.905. The Hall–Kier alpha value is -4.38. The van der Waals surface area contributed by atoms with Crippen LogP contribution in [0, 0.1) is 17.3 Å². The summed E-state index contributed by atoms with van der Waals surface area (Å²) in [5.41, 5.74) is 14.0. The highest BCUT2D eigenvalue weighted by atomic mass is 16.5. The number of rotatable bonds is 12. The molecule has 1 aliphatic heterocycles. The number of unbranched alkanes of at least 4 members (excludes halogenated alkanes) is 1. The molecule has 0 bridgehead atoms. The molecule has 4 aromatic rings. The van der Waals surface area contributed by atoms with E-state index in [1.807, 2.05) is 42.5 Å². The van der Waals surface area contributed by atoms with Crippen LogP contribution in [0.15, 0.2) is 59.4 Å². The van der Waals surface area contributed by atoms with E-state index in [2.05, 4.69) is 29.1 Å². The van der Waals surface area contributed by atoms with Crippen molar-refractivity contribution in [3.05, 3.63) is 76.2 Å². The minimum atomic E-state index is -0.578. The van der Waals surface area contributed by atoms with Crippen molar-refractivity contribution in [3.8, 4) is 11.8 Å². The molecule has 2 aromatic carbocycles. The Balaban J connectivity index is 1.69. The van der Waals surface area contributed by atoms with Gasteiger partial charge in [-0.25, -0.2) is 4.79 Å². The zero-order chi connectivity index (χ0) is 30.6. The summed E-state index contributed by atoms with van der Waals surface area (Å²) < 4.78 is 7.50. The highest BCUT2D eigenvalue weighted by Crippen LogP contribution is 2.52. The standard InChI is InChI=1S/C32H41N7O4/c1-3-4-18-43-30-37-27(33)25-29(38-30)39(31(42)36-25)26(22-8-6-5-7-9-22)32(14-16-35-17-15-32)20(2)24(28(34)41)19-21-10-12-23(40)13-11-21/h5-13,20,24,26,35,40H,3-4,14-19H2,1-2H3,(H2,34,41)(H,36,42)(H2,33,37,38). The monoisotopic (exact) mass is 587 g/mol. The number of H-pyrrole nitrogens is 1. The lowest BCUT2D eigenvalue weighted by Gasteiger charge is -2.50. The summed E-state index contributed by atoms with van der Waals surface area (Å²) in [6, 6.07) is 16.3. The number of hydrogen-bond acceptors (Lipinski definition) is 8. The maximum absolute atomic E-state index is 13.9. The van der Waals surface area contributed by atoms with Crippen LogP contribution < -0.4 is 27.2 Å². The molecule has 5 rings (SSSR count). The van der Waals surface area contributed by atoms with Crippen LogP contribution in [0.25, 0.3) is 11.2 Å². The number of anilines is 1. The van der Waals surface area contributed by atoms with E-state index < -0.39 is 23.3 Å². The summed E-state index contributed by atoms with van der Waals surface area (Å²) in [4.78, 5) is 39.0. The van der Waals surface area contributed by atoms with Crippen LogP contribution in [-0.4, -0.2) is 50.2 Å². The number of carbonyl (C=O) groups excluding carboxylic acids is 1. The number of benzene rings is 2. The molecule has 7 N–H and O–H groups in total. The minimum absolute atomic E-state index is 0.118. The molecule has 3 unspecified atom stereocenters. The van der Waals surface area contributed by atoms with Gasteiger partial charge in [-0.05, 0) is 68.0 Å². The minimum Gasteiger partial charge on any atom is -0.508 e. The Morgan fingerprint density at radius 2 is 1.81 bits per heavy atom. The quantitative estimate of drug-likeness (QED) is 0.157. The van der Waals surface area contributed by atoms with E-state index in [0.717, 1.165) is 24.0 Å². The average molecular weight is 588 g/mol. The summed E-state index contributed by atoms with van der Waals surface area (Å²) >= 11 is 0. The van der Waals surface area contributed by atoms with E-state index in [1.165, 1.54) is 0 Å². The van der Waals surface area contributed by atoms with Gasteiger partial charge in [0.1, 0.15) is 11.3 Å². The number of aromatic nitrogens is 4. The van der Waals surface area contributed by atoms with Crippen molar-refractivity contribution in [2.75, 3.05) is 25.4 Å². The van der Waals surface area contributed by atoms with Crippen LogP contribution in [0.1, 0.15) is 56.7 Å². The first-order valence-corrected chi connectivity index (χ1v) is 15.0. The highest BCUT2D eigenvalue weighted by molar-refractivity contribution is 5.82. The normalized spacial score (nSPS) is 16.9. The number of phenols is 1. The van der Waals surface area contributed by atoms with Crippen LogP contribution in [0.5, 0.6) is 11.8 Å². The lowest BCUT2D eigenvalue weighted by atomic mass is 9.59. The molecule has 0 radical (unpaired) electrons. The second-order valence-corrected chi connectivity index (χ2v) is 11.6. The molecule has 1 fully saturated rings. The van der Waals surface area contributed by atoms with Crippen molar-refractivity contribution in [2.24, 2.45) is 23.0 Å². The Labute approximate surface area is 250 Å². The number of nitrogens with one attached hydrogen (secondary N) is 2. The van der Waals surface area contributed by atoms with Gasteiger partial charge in [0.15, 0.2) is 11.5 Å².